The molecule has 0 aromatic heterocycles. The number of hydrogen-bond acceptors (Lipinski definition) is 3. The minimum atomic E-state index is 0.0591. The first-order valence-corrected chi connectivity index (χ1v) is 9.09. The molecule has 19 heavy (non-hydrogen) atoms. The lowest BCUT2D eigenvalue weighted by Crippen LogP contribution is -2.43. The first-order valence-electron chi connectivity index (χ1n) is 7.94. The molecular weight excluding hydrogens is 256 g/mol. The highest BCUT2D eigenvalue weighted by Crippen LogP contribution is 2.42. The van der Waals surface area contributed by atoms with Gasteiger partial charge in [-0.2, -0.15) is 11.8 Å². The van der Waals surface area contributed by atoms with Gasteiger partial charge in [-0.3, -0.25) is 4.79 Å². The number of carbonyl (C=O) groups is 1. The fourth-order valence-corrected chi connectivity index (χ4v) is 5.54. The van der Waals surface area contributed by atoms with Crippen molar-refractivity contribution in [3.8, 4) is 0 Å². The molecule has 0 amide bonds. The van der Waals surface area contributed by atoms with E-state index in [1.54, 1.807) is 0 Å². The van der Waals surface area contributed by atoms with Crippen LogP contribution in [0.4, 0.5) is 0 Å². The number of carbonyl (C=O) groups excluding carboxylic acids is 1. The third-order valence-corrected chi connectivity index (χ3v) is 6.52. The molecule has 0 bridgehead atoms. The van der Waals surface area contributed by atoms with E-state index in [-0.39, 0.29) is 5.60 Å². The Labute approximate surface area is 121 Å². The van der Waals surface area contributed by atoms with E-state index < -0.39 is 0 Å². The van der Waals surface area contributed by atoms with Gasteiger partial charge in [0, 0.05) is 24.2 Å². The van der Waals surface area contributed by atoms with Crippen LogP contribution in [0.15, 0.2) is 0 Å². The second-order valence-electron chi connectivity index (χ2n) is 6.89. The summed E-state index contributed by atoms with van der Waals surface area (Å²) in [5.41, 5.74) is 0.0591. The third kappa shape index (κ3) is 3.02. The Kier molecular flexibility index (Phi) is 4.23. The molecule has 2 heterocycles. The average Bonchev–Trinajstić information content (AvgIpc) is 2.86. The molecule has 3 aliphatic rings. The summed E-state index contributed by atoms with van der Waals surface area (Å²) in [6.07, 6.45) is 7.97. The SMILES string of the molecule is CC1CCCC(C(=O)C2CCOC3(CCSC3)C2)C1. The number of ketones is 1. The predicted molar refractivity (Wildman–Crippen MR) is 79.5 cm³/mol. The van der Waals surface area contributed by atoms with Crippen LogP contribution in [0.2, 0.25) is 0 Å². The van der Waals surface area contributed by atoms with Crippen molar-refractivity contribution in [2.45, 2.75) is 57.5 Å². The van der Waals surface area contributed by atoms with Crippen LogP contribution in [0.3, 0.4) is 0 Å². The molecule has 0 radical (unpaired) electrons. The summed E-state index contributed by atoms with van der Waals surface area (Å²) in [5.74, 6) is 4.30. The molecule has 0 aromatic rings. The average molecular weight is 282 g/mol. The van der Waals surface area contributed by atoms with Crippen LogP contribution < -0.4 is 0 Å². The summed E-state index contributed by atoms with van der Waals surface area (Å²) in [5, 5.41) is 0. The van der Waals surface area contributed by atoms with Crippen molar-refractivity contribution in [3.63, 3.8) is 0 Å². The molecule has 0 aromatic carbocycles. The van der Waals surface area contributed by atoms with Crippen LogP contribution in [-0.4, -0.2) is 29.5 Å². The molecule has 2 nitrogen and oxygen atoms in total. The van der Waals surface area contributed by atoms with Crippen molar-refractivity contribution < 1.29 is 9.53 Å². The largest absolute Gasteiger partial charge is 0.374 e. The summed E-state index contributed by atoms with van der Waals surface area (Å²) in [6.45, 7) is 3.11. The zero-order chi connectivity index (χ0) is 13.3. The molecule has 1 spiro atoms. The molecule has 3 rings (SSSR count). The van der Waals surface area contributed by atoms with Crippen LogP contribution >= 0.6 is 11.8 Å². The van der Waals surface area contributed by atoms with Crippen molar-refractivity contribution in [2.24, 2.45) is 17.8 Å². The Morgan fingerprint density at radius 2 is 2.16 bits per heavy atom. The van der Waals surface area contributed by atoms with E-state index in [0.717, 1.165) is 50.4 Å². The summed E-state index contributed by atoms with van der Waals surface area (Å²) in [4.78, 5) is 12.8. The van der Waals surface area contributed by atoms with Gasteiger partial charge in [-0.25, -0.2) is 0 Å². The summed E-state index contributed by atoms with van der Waals surface area (Å²) < 4.78 is 6.04. The number of ether oxygens (including phenoxy) is 1. The maximum atomic E-state index is 12.8. The third-order valence-electron chi connectivity index (χ3n) is 5.30. The minimum absolute atomic E-state index is 0.0591. The first-order chi connectivity index (χ1) is 9.19. The van der Waals surface area contributed by atoms with E-state index in [1.807, 2.05) is 11.8 Å². The van der Waals surface area contributed by atoms with Crippen molar-refractivity contribution in [2.75, 3.05) is 18.1 Å². The van der Waals surface area contributed by atoms with Crippen molar-refractivity contribution in [1.82, 2.24) is 0 Å². The van der Waals surface area contributed by atoms with E-state index in [9.17, 15) is 4.79 Å². The van der Waals surface area contributed by atoms with E-state index in [2.05, 4.69) is 6.92 Å². The van der Waals surface area contributed by atoms with Gasteiger partial charge < -0.3 is 4.74 Å². The van der Waals surface area contributed by atoms with Crippen LogP contribution in [-0.2, 0) is 9.53 Å². The van der Waals surface area contributed by atoms with E-state index in [4.69, 9.17) is 4.74 Å². The number of thioether (sulfide) groups is 1. The second-order valence-corrected chi connectivity index (χ2v) is 8.00. The molecule has 108 valence electrons. The maximum absolute atomic E-state index is 12.8. The number of rotatable bonds is 2. The first kappa shape index (κ1) is 13.9. The Balaban J connectivity index is 1.62. The van der Waals surface area contributed by atoms with Crippen molar-refractivity contribution in [1.29, 1.82) is 0 Å². The highest BCUT2D eigenvalue weighted by molar-refractivity contribution is 7.99. The Morgan fingerprint density at radius 3 is 2.89 bits per heavy atom. The standard InChI is InChI=1S/C16H26O2S/c1-12-3-2-4-13(9-12)15(17)14-5-7-18-16(10-14)6-8-19-11-16/h12-14H,2-11H2,1H3. The van der Waals surface area contributed by atoms with Gasteiger partial charge in [0.2, 0.25) is 0 Å². The zero-order valence-corrected chi connectivity index (χ0v) is 12.8. The van der Waals surface area contributed by atoms with Crippen molar-refractivity contribution >= 4 is 17.5 Å². The molecule has 0 N–H and O–H groups in total. The van der Waals surface area contributed by atoms with E-state index >= 15 is 0 Å². The molecule has 3 fully saturated rings. The Bertz CT molecular complexity index is 336. The molecule has 3 heteroatoms. The van der Waals surface area contributed by atoms with Crippen molar-refractivity contribution in [3.05, 3.63) is 0 Å². The predicted octanol–water partition coefficient (Wildman–Crippen LogP) is 3.68. The molecule has 4 unspecified atom stereocenters. The van der Waals surface area contributed by atoms with Gasteiger partial charge in [-0.15, -0.1) is 0 Å². The Morgan fingerprint density at radius 1 is 1.26 bits per heavy atom. The molecule has 2 saturated heterocycles. The van der Waals surface area contributed by atoms with Gasteiger partial charge in [0.05, 0.1) is 5.60 Å². The molecule has 4 atom stereocenters. The summed E-state index contributed by atoms with van der Waals surface area (Å²) >= 11 is 1.99. The highest BCUT2D eigenvalue weighted by atomic mass is 32.2. The fraction of sp³-hybridized carbons (Fsp3) is 0.938. The lowest BCUT2D eigenvalue weighted by Gasteiger charge is -2.39. The quantitative estimate of drug-likeness (QED) is 0.773. The normalized spacial score (nSPS) is 43.5. The number of Topliss-reactive ketones (excluding diaryl/α,β-unsaturated/α-hetero) is 1. The van der Waals surface area contributed by atoms with Gasteiger partial charge in [0.15, 0.2) is 0 Å². The van der Waals surface area contributed by atoms with Crippen LogP contribution in [0.1, 0.15) is 51.9 Å². The molecular formula is C16H26O2S. The smallest absolute Gasteiger partial charge is 0.139 e. The topological polar surface area (TPSA) is 26.3 Å². The molecule has 1 aliphatic carbocycles. The van der Waals surface area contributed by atoms with Crippen LogP contribution in [0, 0.1) is 17.8 Å². The minimum Gasteiger partial charge on any atom is -0.374 e. The van der Waals surface area contributed by atoms with Gasteiger partial charge in [-0.1, -0.05) is 19.8 Å². The Hall–Kier alpha value is -0.0200. The molecule has 2 aliphatic heterocycles. The highest BCUT2D eigenvalue weighted by Gasteiger charge is 2.43. The van der Waals surface area contributed by atoms with Gasteiger partial charge in [-0.05, 0) is 43.8 Å². The van der Waals surface area contributed by atoms with Crippen LogP contribution in [0.25, 0.3) is 0 Å². The lowest BCUT2D eigenvalue weighted by atomic mass is 9.73. The van der Waals surface area contributed by atoms with Gasteiger partial charge in [0.25, 0.3) is 0 Å². The van der Waals surface area contributed by atoms with E-state index in [1.165, 1.54) is 18.6 Å². The van der Waals surface area contributed by atoms with Gasteiger partial charge >= 0.3 is 0 Å². The monoisotopic (exact) mass is 282 g/mol. The summed E-state index contributed by atoms with van der Waals surface area (Å²) in [6, 6.07) is 0. The lowest BCUT2D eigenvalue weighted by molar-refractivity contribution is -0.139. The summed E-state index contributed by atoms with van der Waals surface area (Å²) in [7, 11) is 0. The fourth-order valence-electron chi connectivity index (χ4n) is 4.16. The number of hydrogen-bond donors (Lipinski definition) is 0. The van der Waals surface area contributed by atoms with Crippen LogP contribution in [0.5, 0.6) is 0 Å². The molecule has 1 saturated carbocycles. The van der Waals surface area contributed by atoms with Gasteiger partial charge in [0.1, 0.15) is 5.78 Å². The van der Waals surface area contributed by atoms with E-state index in [0.29, 0.717) is 17.6 Å². The zero-order valence-electron chi connectivity index (χ0n) is 12.0. The maximum Gasteiger partial charge on any atom is 0.139 e. The second kappa shape index (κ2) is 5.77.